The van der Waals surface area contributed by atoms with E-state index in [1.807, 2.05) is 24.3 Å². The van der Waals surface area contributed by atoms with Crippen LogP contribution in [0.3, 0.4) is 0 Å². The van der Waals surface area contributed by atoms with Gasteiger partial charge in [0, 0.05) is 6.54 Å². The van der Waals surface area contributed by atoms with Crippen LogP contribution in [0.25, 0.3) is 0 Å². The Morgan fingerprint density at radius 3 is 2.61 bits per heavy atom. The molecule has 0 spiro atoms. The van der Waals surface area contributed by atoms with Crippen LogP contribution in [0.2, 0.25) is 0 Å². The maximum atomic E-state index is 11.8. The second-order valence-corrected chi connectivity index (χ2v) is 5.48. The summed E-state index contributed by atoms with van der Waals surface area (Å²) >= 11 is 1.15. The standard InChI is InChI=1S/C14H18N6O2S/c1-22-10-5-3-2-4-9(10)6-7-17-11(21)8-23-14-19-12(15)18-13(16)20-14/h2-5H,6-8H2,1H3,(H,17,21)(H4,15,16,18,19,20). The van der Waals surface area contributed by atoms with Crippen LogP contribution in [0.4, 0.5) is 11.9 Å². The molecule has 0 aliphatic heterocycles. The number of nitrogens with zero attached hydrogens (tertiary/aromatic N) is 3. The molecule has 1 heterocycles. The summed E-state index contributed by atoms with van der Waals surface area (Å²) in [5.41, 5.74) is 12.0. The van der Waals surface area contributed by atoms with Gasteiger partial charge in [-0.1, -0.05) is 30.0 Å². The number of hydrogen-bond donors (Lipinski definition) is 3. The van der Waals surface area contributed by atoms with Crippen LogP contribution in [0.1, 0.15) is 5.56 Å². The van der Waals surface area contributed by atoms with E-state index in [1.165, 1.54) is 0 Å². The van der Waals surface area contributed by atoms with Gasteiger partial charge in [0.1, 0.15) is 5.75 Å². The Morgan fingerprint density at radius 2 is 1.91 bits per heavy atom. The van der Waals surface area contributed by atoms with Gasteiger partial charge in [-0.25, -0.2) is 0 Å². The highest BCUT2D eigenvalue weighted by atomic mass is 32.2. The lowest BCUT2D eigenvalue weighted by Crippen LogP contribution is -2.27. The minimum absolute atomic E-state index is 0.0385. The second-order valence-electron chi connectivity index (χ2n) is 4.53. The van der Waals surface area contributed by atoms with Crippen LogP contribution in [0.15, 0.2) is 29.4 Å². The Balaban J connectivity index is 1.77. The van der Waals surface area contributed by atoms with Crippen LogP contribution in [-0.2, 0) is 11.2 Å². The number of benzene rings is 1. The molecule has 0 unspecified atom stereocenters. The molecule has 1 aromatic heterocycles. The van der Waals surface area contributed by atoms with Crippen molar-refractivity contribution in [1.82, 2.24) is 20.3 Å². The molecule has 0 aliphatic rings. The molecule has 0 fully saturated rings. The molecule has 0 saturated heterocycles. The van der Waals surface area contributed by atoms with Gasteiger partial charge in [0.2, 0.25) is 17.8 Å². The Kier molecular flexibility index (Phi) is 5.98. The number of nitrogens with one attached hydrogen (secondary N) is 1. The average Bonchev–Trinajstić information content (AvgIpc) is 2.52. The van der Waals surface area contributed by atoms with Gasteiger partial charge >= 0.3 is 0 Å². The first-order valence-electron chi connectivity index (χ1n) is 6.87. The molecular formula is C14H18N6O2S. The SMILES string of the molecule is COc1ccccc1CCNC(=O)CSc1nc(N)nc(N)n1. The number of thioether (sulfide) groups is 1. The third-order valence-electron chi connectivity index (χ3n) is 2.89. The van der Waals surface area contributed by atoms with Gasteiger partial charge in [-0.05, 0) is 18.1 Å². The van der Waals surface area contributed by atoms with E-state index >= 15 is 0 Å². The Hall–Kier alpha value is -2.55. The Bertz CT molecular complexity index is 662. The topological polar surface area (TPSA) is 129 Å². The van der Waals surface area contributed by atoms with Gasteiger partial charge < -0.3 is 21.5 Å². The van der Waals surface area contributed by atoms with Crippen molar-refractivity contribution in [3.63, 3.8) is 0 Å². The Labute approximate surface area is 138 Å². The van der Waals surface area contributed by atoms with Gasteiger partial charge in [-0.15, -0.1) is 0 Å². The fraction of sp³-hybridized carbons (Fsp3) is 0.286. The van der Waals surface area contributed by atoms with Gasteiger partial charge in [-0.2, -0.15) is 15.0 Å². The van der Waals surface area contributed by atoms with E-state index in [0.29, 0.717) is 18.1 Å². The number of nitrogen functional groups attached to an aromatic ring is 2. The van der Waals surface area contributed by atoms with Crippen LogP contribution in [0.5, 0.6) is 5.75 Å². The van der Waals surface area contributed by atoms with E-state index in [1.54, 1.807) is 7.11 Å². The summed E-state index contributed by atoms with van der Waals surface area (Å²) < 4.78 is 5.27. The molecule has 2 rings (SSSR count). The fourth-order valence-electron chi connectivity index (χ4n) is 1.88. The molecule has 5 N–H and O–H groups in total. The molecule has 0 saturated carbocycles. The van der Waals surface area contributed by atoms with Crippen LogP contribution < -0.4 is 21.5 Å². The number of ether oxygens (including phenoxy) is 1. The van der Waals surface area contributed by atoms with Crippen molar-refractivity contribution in [3.8, 4) is 5.75 Å². The molecule has 0 aliphatic carbocycles. The van der Waals surface area contributed by atoms with Crippen molar-refractivity contribution in [3.05, 3.63) is 29.8 Å². The lowest BCUT2D eigenvalue weighted by molar-refractivity contribution is -0.118. The summed E-state index contributed by atoms with van der Waals surface area (Å²) in [5.74, 6) is 0.942. The van der Waals surface area contributed by atoms with Crippen molar-refractivity contribution in [2.24, 2.45) is 0 Å². The largest absolute Gasteiger partial charge is 0.496 e. The first-order chi connectivity index (χ1) is 11.1. The molecule has 23 heavy (non-hydrogen) atoms. The van der Waals surface area contributed by atoms with Gasteiger partial charge in [-0.3, -0.25) is 4.79 Å². The first kappa shape index (κ1) is 16.8. The summed E-state index contributed by atoms with van der Waals surface area (Å²) in [6, 6.07) is 7.70. The van der Waals surface area contributed by atoms with Crippen molar-refractivity contribution in [2.45, 2.75) is 11.6 Å². The predicted octanol–water partition coefficient (Wildman–Crippen LogP) is 0.496. The highest BCUT2D eigenvalue weighted by Gasteiger charge is 2.08. The molecule has 1 amide bonds. The highest BCUT2D eigenvalue weighted by Crippen LogP contribution is 2.17. The quantitative estimate of drug-likeness (QED) is 0.624. The number of anilines is 2. The number of hydrogen-bond acceptors (Lipinski definition) is 8. The third kappa shape index (κ3) is 5.29. The second kappa shape index (κ2) is 8.18. The molecular weight excluding hydrogens is 316 g/mol. The molecule has 8 nitrogen and oxygen atoms in total. The van der Waals surface area contributed by atoms with Gasteiger partial charge in [0.25, 0.3) is 0 Å². The summed E-state index contributed by atoms with van der Waals surface area (Å²) in [4.78, 5) is 23.3. The van der Waals surface area contributed by atoms with Gasteiger partial charge in [0.15, 0.2) is 5.16 Å². The number of aromatic nitrogens is 3. The zero-order valence-corrected chi connectivity index (χ0v) is 13.5. The van der Waals surface area contributed by atoms with Crippen molar-refractivity contribution in [2.75, 3.05) is 30.9 Å². The zero-order valence-electron chi connectivity index (χ0n) is 12.7. The van der Waals surface area contributed by atoms with E-state index in [4.69, 9.17) is 16.2 Å². The monoisotopic (exact) mass is 334 g/mol. The van der Waals surface area contributed by atoms with Gasteiger partial charge in [0.05, 0.1) is 12.9 Å². The minimum Gasteiger partial charge on any atom is -0.496 e. The first-order valence-corrected chi connectivity index (χ1v) is 7.85. The van der Waals surface area contributed by atoms with E-state index in [0.717, 1.165) is 23.1 Å². The lowest BCUT2D eigenvalue weighted by atomic mass is 10.1. The fourth-order valence-corrected chi connectivity index (χ4v) is 2.56. The van der Waals surface area contributed by atoms with E-state index in [9.17, 15) is 4.79 Å². The molecule has 9 heteroatoms. The van der Waals surface area contributed by atoms with Crippen LogP contribution in [-0.4, -0.2) is 40.3 Å². The maximum Gasteiger partial charge on any atom is 0.230 e. The maximum absolute atomic E-state index is 11.8. The molecule has 0 atom stereocenters. The van der Waals surface area contributed by atoms with Crippen molar-refractivity contribution < 1.29 is 9.53 Å². The summed E-state index contributed by atoms with van der Waals surface area (Å²) in [6.07, 6.45) is 0.687. The number of para-hydroxylation sites is 1. The van der Waals surface area contributed by atoms with Crippen molar-refractivity contribution in [1.29, 1.82) is 0 Å². The molecule has 1 aromatic carbocycles. The predicted molar refractivity (Wildman–Crippen MR) is 89.1 cm³/mol. The number of nitrogens with two attached hydrogens (primary N) is 2. The van der Waals surface area contributed by atoms with E-state index < -0.39 is 0 Å². The number of rotatable bonds is 7. The minimum atomic E-state index is -0.123. The number of amides is 1. The lowest BCUT2D eigenvalue weighted by Gasteiger charge is -2.09. The van der Waals surface area contributed by atoms with E-state index in [2.05, 4.69) is 20.3 Å². The molecule has 0 bridgehead atoms. The molecule has 0 radical (unpaired) electrons. The third-order valence-corrected chi connectivity index (χ3v) is 3.74. The summed E-state index contributed by atoms with van der Waals surface area (Å²) in [6.45, 7) is 0.515. The highest BCUT2D eigenvalue weighted by molar-refractivity contribution is 7.99. The summed E-state index contributed by atoms with van der Waals surface area (Å²) in [7, 11) is 1.63. The van der Waals surface area contributed by atoms with E-state index in [-0.39, 0.29) is 23.6 Å². The molecule has 122 valence electrons. The number of carbonyl (C=O) groups is 1. The average molecular weight is 334 g/mol. The zero-order chi connectivity index (χ0) is 16.7. The molecule has 2 aromatic rings. The number of carbonyl (C=O) groups excluding carboxylic acids is 1. The summed E-state index contributed by atoms with van der Waals surface area (Å²) in [5, 5.41) is 3.16. The van der Waals surface area contributed by atoms with Crippen molar-refractivity contribution >= 4 is 29.6 Å². The Morgan fingerprint density at radius 1 is 1.22 bits per heavy atom. The number of methoxy groups -OCH3 is 1. The van der Waals surface area contributed by atoms with Crippen LogP contribution >= 0.6 is 11.8 Å². The smallest absolute Gasteiger partial charge is 0.230 e. The van der Waals surface area contributed by atoms with Crippen LogP contribution in [0, 0.1) is 0 Å². The normalized spacial score (nSPS) is 10.3.